The van der Waals surface area contributed by atoms with Gasteiger partial charge in [0, 0.05) is 17.4 Å². The van der Waals surface area contributed by atoms with Crippen molar-refractivity contribution in [3.05, 3.63) is 47.5 Å². The Bertz CT molecular complexity index is 356. The van der Waals surface area contributed by atoms with Crippen molar-refractivity contribution in [3.8, 4) is 0 Å². The summed E-state index contributed by atoms with van der Waals surface area (Å²) in [7, 11) is 0. The molecule has 0 fully saturated rings. The summed E-state index contributed by atoms with van der Waals surface area (Å²) in [6.45, 7) is 6.14. The zero-order chi connectivity index (χ0) is 11.3. The number of carbonyl (C=O) groups excluding carboxylic acids is 1. The van der Waals surface area contributed by atoms with E-state index in [9.17, 15) is 4.79 Å². The molecule has 1 N–H and O–H groups in total. The number of amides is 1. The van der Waals surface area contributed by atoms with Gasteiger partial charge in [-0.2, -0.15) is 0 Å². The van der Waals surface area contributed by atoms with Gasteiger partial charge in [-0.1, -0.05) is 40.2 Å². The van der Waals surface area contributed by atoms with Crippen molar-refractivity contribution in [3.63, 3.8) is 0 Å². The molecule has 0 bridgehead atoms. The molecule has 0 radical (unpaired) electrons. The first-order valence-corrected chi connectivity index (χ1v) is 5.83. The van der Waals surface area contributed by atoms with Crippen LogP contribution in [0.5, 0.6) is 0 Å². The van der Waals surface area contributed by atoms with E-state index in [1.165, 1.54) is 0 Å². The van der Waals surface area contributed by atoms with Crippen LogP contribution >= 0.6 is 15.9 Å². The lowest BCUT2D eigenvalue weighted by molar-refractivity contribution is 0.0957. The molecule has 0 aliphatic rings. The van der Waals surface area contributed by atoms with Gasteiger partial charge in [0.1, 0.15) is 0 Å². The highest BCUT2D eigenvalue weighted by Crippen LogP contribution is 2.07. The number of rotatable bonds is 4. The molecule has 0 aliphatic heterocycles. The van der Waals surface area contributed by atoms with Crippen molar-refractivity contribution in [2.75, 3.05) is 6.54 Å². The Kier molecular flexibility index (Phi) is 4.56. The zero-order valence-corrected chi connectivity index (χ0v) is 10.3. The lowest BCUT2D eigenvalue weighted by Crippen LogP contribution is -2.24. The summed E-state index contributed by atoms with van der Waals surface area (Å²) in [5, 5.41) is 3.59. The molecule has 0 aromatic heterocycles. The van der Waals surface area contributed by atoms with Gasteiger partial charge in [-0.25, -0.2) is 0 Å². The normalized spacial score (nSPS) is 9.73. The van der Waals surface area contributed by atoms with Crippen LogP contribution in [0.3, 0.4) is 0 Å². The van der Waals surface area contributed by atoms with Crippen molar-refractivity contribution in [1.82, 2.24) is 5.32 Å². The number of halogens is 1. The van der Waals surface area contributed by atoms with Crippen LogP contribution in [0, 0.1) is 0 Å². The molecule has 0 aliphatic carbocycles. The van der Waals surface area contributed by atoms with Crippen molar-refractivity contribution >= 4 is 21.8 Å². The maximum atomic E-state index is 11.6. The van der Waals surface area contributed by atoms with E-state index < -0.39 is 0 Å². The molecule has 1 amide bonds. The molecular weight excluding hydrogens is 254 g/mol. The van der Waals surface area contributed by atoms with Crippen LogP contribution in [-0.4, -0.2) is 12.5 Å². The van der Waals surface area contributed by atoms with Crippen LogP contribution in [-0.2, 0) is 5.33 Å². The fourth-order valence-corrected chi connectivity index (χ4v) is 1.45. The third-order valence-electron chi connectivity index (χ3n) is 1.92. The van der Waals surface area contributed by atoms with E-state index in [1.54, 1.807) is 0 Å². The highest BCUT2D eigenvalue weighted by Gasteiger charge is 2.03. The number of carbonyl (C=O) groups is 1. The van der Waals surface area contributed by atoms with Gasteiger partial charge in [0.05, 0.1) is 0 Å². The molecule has 1 aromatic rings. The standard InChI is InChI=1S/C12H14BrNO/c1-9(2)8-14-12(15)11-5-3-10(7-13)4-6-11/h3-6H,1,7-8H2,2H3,(H,14,15). The van der Waals surface area contributed by atoms with Crippen molar-refractivity contribution in [2.45, 2.75) is 12.3 Å². The molecule has 0 atom stereocenters. The molecule has 0 spiro atoms. The van der Waals surface area contributed by atoms with Gasteiger partial charge < -0.3 is 5.32 Å². The van der Waals surface area contributed by atoms with Gasteiger partial charge in [-0.15, -0.1) is 0 Å². The van der Waals surface area contributed by atoms with E-state index >= 15 is 0 Å². The Balaban J connectivity index is 2.62. The Labute approximate surface area is 98.5 Å². The van der Waals surface area contributed by atoms with Gasteiger partial charge >= 0.3 is 0 Å². The molecule has 2 nitrogen and oxygen atoms in total. The van der Waals surface area contributed by atoms with Gasteiger partial charge in [-0.05, 0) is 24.6 Å². The minimum atomic E-state index is -0.0564. The zero-order valence-electron chi connectivity index (χ0n) is 8.72. The van der Waals surface area contributed by atoms with E-state index in [-0.39, 0.29) is 5.91 Å². The molecular formula is C12H14BrNO. The lowest BCUT2D eigenvalue weighted by atomic mass is 10.1. The second-order valence-corrected chi connectivity index (χ2v) is 4.03. The fourth-order valence-electron chi connectivity index (χ4n) is 1.08. The summed E-state index contributed by atoms with van der Waals surface area (Å²) in [6, 6.07) is 7.52. The van der Waals surface area contributed by atoms with Crippen LogP contribution < -0.4 is 5.32 Å². The second-order valence-electron chi connectivity index (χ2n) is 3.47. The molecule has 0 heterocycles. The minimum Gasteiger partial charge on any atom is -0.348 e. The molecule has 0 saturated heterocycles. The third-order valence-corrected chi connectivity index (χ3v) is 2.57. The SMILES string of the molecule is C=C(C)CNC(=O)c1ccc(CBr)cc1. The molecule has 0 unspecified atom stereocenters. The number of nitrogens with one attached hydrogen (secondary N) is 1. The first-order valence-electron chi connectivity index (χ1n) is 4.71. The van der Waals surface area contributed by atoms with Crippen LogP contribution in [0.15, 0.2) is 36.4 Å². The van der Waals surface area contributed by atoms with Crippen LogP contribution in [0.1, 0.15) is 22.8 Å². The quantitative estimate of drug-likeness (QED) is 0.660. The van der Waals surface area contributed by atoms with E-state index in [0.717, 1.165) is 16.5 Å². The first kappa shape index (κ1) is 12.0. The van der Waals surface area contributed by atoms with Gasteiger partial charge in [0.15, 0.2) is 0 Å². The minimum absolute atomic E-state index is 0.0564. The predicted molar refractivity (Wildman–Crippen MR) is 66.2 cm³/mol. The Morgan fingerprint density at radius 3 is 2.47 bits per heavy atom. The van der Waals surface area contributed by atoms with Crippen LogP contribution in [0.25, 0.3) is 0 Å². The average molecular weight is 268 g/mol. The molecule has 80 valence electrons. The summed E-state index contributed by atoms with van der Waals surface area (Å²) >= 11 is 3.36. The maximum absolute atomic E-state index is 11.6. The first-order chi connectivity index (χ1) is 7.13. The van der Waals surface area contributed by atoms with Crippen molar-refractivity contribution in [2.24, 2.45) is 0 Å². The predicted octanol–water partition coefficient (Wildman–Crippen LogP) is 2.89. The Hall–Kier alpha value is -1.09. The maximum Gasteiger partial charge on any atom is 0.251 e. The molecule has 1 rings (SSSR count). The van der Waals surface area contributed by atoms with E-state index in [4.69, 9.17) is 0 Å². The number of hydrogen-bond acceptors (Lipinski definition) is 1. The average Bonchev–Trinajstić information content (AvgIpc) is 2.26. The number of benzene rings is 1. The summed E-state index contributed by atoms with van der Waals surface area (Å²) in [5.41, 5.74) is 2.79. The number of hydrogen-bond donors (Lipinski definition) is 1. The smallest absolute Gasteiger partial charge is 0.251 e. The molecule has 15 heavy (non-hydrogen) atoms. The molecule has 0 saturated carbocycles. The van der Waals surface area contributed by atoms with E-state index in [0.29, 0.717) is 12.1 Å². The third kappa shape index (κ3) is 3.88. The lowest BCUT2D eigenvalue weighted by Gasteiger charge is -2.04. The highest BCUT2D eigenvalue weighted by molar-refractivity contribution is 9.08. The highest BCUT2D eigenvalue weighted by atomic mass is 79.9. The van der Waals surface area contributed by atoms with Crippen LogP contribution in [0.2, 0.25) is 0 Å². The Morgan fingerprint density at radius 2 is 2.00 bits per heavy atom. The van der Waals surface area contributed by atoms with Crippen LogP contribution in [0.4, 0.5) is 0 Å². The Morgan fingerprint density at radius 1 is 1.40 bits per heavy atom. The van der Waals surface area contributed by atoms with Crippen molar-refractivity contribution < 1.29 is 4.79 Å². The molecule has 3 heteroatoms. The monoisotopic (exact) mass is 267 g/mol. The summed E-state index contributed by atoms with van der Waals surface area (Å²) in [6.07, 6.45) is 0. The van der Waals surface area contributed by atoms with Gasteiger partial charge in [0.25, 0.3) is 5.91 Å². The summed E-state index contributed by atoms with van der Waals surface area (Å²) < 4.78 is 0. The summed E-state index contributed by atoms with van der Waals surface area (Å²) in [4.78, 5) is 11.6. The van der Waals surface area contributed by atoms with Crippen molar-refractivity contribution in [1.29, 1.82) is 0 Å². The largest absolute Gasteiger partial charge is 0.348 e. The number of alkyl halides is 1. The topological polar surface area (TPSA) is 29.1 Å². The fraction of sp³-hybridized carbons (Fsp3) is 0.250. The van der Waals surface area contributed by atoms with Gasteiger partial charge in [-0.3, -0.25) is 4.79 Å². The van der Waals surface area contributed by atoms with Gasteiger partial charge in [0.2, 0.25) is 0 Å². The second kappa shape index (κ2) is 5.71. The molecule has 1 aromatic carbocycles. The van der Waals surface area contributed by atoms with E-state index in [1.807, 2.05) is 31.2 Å². The summed E-state index contributed by atoms with van der Waals surface area (Å²) in [5.74, 6) is -0.0564. The van der Waals surface area contributed by atoms with E-state index in [2.05, 4.69) is 27.8 Å².